The number of amides is 1. The first-order chi connectivity index (χ1) is 9.58. The minimum absolute atomic E-state index is 0.0885. The SMILES string of the molecule is CCCCNC(=O)C(C)Oc1ccc(C)nc1CNC. The molecule has 1 rings (SSSR count). The number of carbonyl (C=O) groups is 1. The number of hydrogen-bond donors (Lipinski definition) is 2. The van der Waals surface area contributed by atoms with Crippen LogP contribution in [0.15, 0.2) is 12.1 Å². The average Bonchev–Trinajstić information content (AvgIpc) is 2.42. The van der Waals surface area contributed by atoms with Crippen molar-refractivity contribution < 1.29 is 9.53 Å². The third-order valence-electron chi connectivity index (χ3n) is 2.92. The molecule has 112 valence electrons. The Morgan fingerprint density at radius 3 is 2.85 bits per heavy atom. The number of rotatable bonds is 8. The van der Waals surface area contributed by atoms with E-state index in [1.54, 1.807) is 6.92 Å². The number of aromatic nitrogens is 1. The van der Waals surface area contributed by atoms with Gasteiger partial charge in [-0.15, -0.1) is 0 Å². The van der Waals surface area contributed by atoms with Crippen LogP contribution in [0.25, 0.3) is 0 Å². The molecular weight excluding hydrogens is 254 g/mol. The van der Waals surface area contributed by atoms with Gasteiger partial charge in [0.2, 0.25) is 0 Å². The van der Waals surface area contributed by atoms with Crippen LogP contribution in [0.5, 0.6) is 5.75 Å². The summed E-state index contributed by atoms with van der Waals surface area (Å²) in [6, 6.07) is 3.75. The number of aryl methyl sites for hydroxylation is 1. The standard InChI is InChI=1S/C15H25N3O2/c1-5-6-9-17-15(19)12(3)20-14-8-7-11(2)18-13(14)10-16-4/h7-8,12,16H,5-6,9-10H2,1-4H3,(H,17,19). The molecule has 2 N–H and O–H groups in total. The summed E-state index contributed by atoms with van der Waals surface area (Å²) in [4.78, 5) is 16.3. The van der Waals surface area contributed by atoms with E-state index in [1.165, 1.54) is 0 Å². The summed E-state index contributed by atoms with van der Waals surface area (Å²) >= 11 is 0. The number of hydrogen-bond acceptors (Lipinski definition) is 4. The van der Waals surface area contributed by atoms with Crippen LogP contribution in [0.2, 0.25) is 0 Å². The number of nitrogens with zero attached hydrogens (tertiary/aromatic N) is 1. The number of pyridine rings is 1. The summed E-state index contributed by atoms with van der Waals surface area (Å²) in [7, 11) is 1.86. The molecule has 0 aliphatic carbocycles. The molecule has 0 radical (unpaired) electrons. The zero-order chi connectivity index (χ0) is 15.0. The molecule has 0 saturated carbocycles. The highest BCUT2D eigenvalue weighted by Crippen LogP contribution is 2.18. The average molecular weight is 279 g/mol. The van der Waals surface area contributed by atoms with Crippen molar-refractivity contribution in [3.05, 3.63) is 23.5 Å². The number of nitrogens with one attached hydrogen (secondary N) is 2. The predicted molar refractivity (Wildman–Crippen MR) is 79.7 cm³/mol. The van der Waals surface area contributed by atoms with E-state index in [-0.39, 0.29) is 5.91 Å². The normalized spacial score (nSPS) is 12.0. The smallest absolute Gasteiger partial charge is 0.260 e. The Morgan fingerprint density at radius 1 is 1.45 bits per heavy atom. The maximum Gasteiger partial charge on any atom is 0.260 e. The predicted octanol–water partition coefficient (Wildman–Crippen LogP) is 1.79. The third-order valence-corrected chi connectivity index (χ3v) is 2.92. The summed E-state index contributed by atoms with van der Waals surface area (Å²) in [6.07, 6.45) is 1.52. The second-order valence-corrected chi connectivity index (χ2v) is 4.83. The fraction of sp³-hybridized carbons (Fsp3) is 0.600. The fourth-order valence-corrected chi connectivity index (χ4v) is 1.78. The maximum atomic E-state index is 11.9. The first kappa shape index (κ1) is 16.4. The molecule has 0 aliphatic rings. The minimum Gasteiger partial charge on any atom is -0.479 e. The van der Waals surface area contributed by atoms with E-state index in [2.05, 4.69) is 22.5 Å². The van der Waals surface area contributed by atoms with Crippen LogP contribution in [-0.4, -0.2) is 30.6 Å². The summed E-state index contributed by atoms with van der Waals surface area (Å²) in [5.41, 5.74) is 1.75. The molecule has 5 nitrogen and oxygen atoms in total. The molecule has 1 aromatic rings. The first-order valence-electron chi connectivity index (χ1n) is 7.14. The lowest BCUT2D eigenvalue weighted by molar-refractivity contribution is -0.127. The molecule has 0 spiro atoms. The van der Waals surface area contributed by atoms with Crippen molar-refractivity contribution in [1.29, 1.82) is 0 Å². The third kappa shape index (κ3) is 5.17. The Hall–Kier alpha value is -1.62. The topological polar surface area (TPSA) is 63.2 Å². The maximum absolute atomic E-state index is 11.9. The lowest BCUT2D eigenvalue weighted by Gasteiger charge is -2.17. The van der Waals surface area contributed by atoms with Crippen LogP contribution in [0.3, 0.4) is 0 Å². The van der Waals surface area contributed by atoms with Gasteiger partial charge < -0.3 is 15.4 Å². The molecule has 0 aliphatic heterocycles. The van der Waals surface area contributed by atoms with Crippen LogP contribution in [0.4, 0.5) is 0 Å². The molecule has 0 bridgehead atoms. The first-order valence-corrected chi connectivity index (χ1v) is 7.14. The zero-order valence-corrected chi connectivity index (χ0v) is 12.8. The Labute approximate surface area is 121 Å². The van der Waals surface area contributed by atoms with Crippen LogP contribution < -0.4 is 15.4 Å². The molecule has 1 atom stereocenters. The van der Waals surface area contributed by atoms with Crippen molar-refractivity contribution in [2.24, 2.45) is 0 Å². The van der Waals surface area contributed by atoms with E-state index in [0.29, 0.717) is 18.8 Å². The second kappa shape index (κ2) is 8.53. The van der Waals surface area contributed by atoms with Crippen LogP contribution in [0.1, 0.15) is 38.1 Å². The van der Waals surface area contributed by atoms with Crippen molar-refractivity contribution >= 4 is 5.91 Å². The van der Waals surface area contributed by atoms with Gasteiger partial charge in [-0.2, -0.15) is 0 Å². The van der Waals surface area contributed by atoms with Gasteiger partial charge in [0.1, 0.15) is 5.75 Å². The van der Waals surface area contributed by atoms with Gasteiger partial charge in [0, 0.05) is 18.8 Å². The number of ether oxygens (including phenoxy) is 1. The summed E-state index contributed by atoms with van der Waals surface area (Å²) in [6.45, 7) is 7.09. The van der Waals surface area contributed by atoms with E-state index in [9.17, 15) is 4.79 Å². The molecule has 0 aromatic carbocycles. The summed E-state index contributed by atoms with van der Waals surface area (Å²) in [5.74, 6) is 0.567. The highest BCUT2D eigenvalue weighted by atomic mass is 16.5. The Bertz CT molecular complexity index is 435. The quantitative estimate of drug-likeness (QED) is 0.712. The van der Waals surface area contributed by atoms with Gasteiger partial charge in [0.05, 0.1) is 5.69 Å². The minimum atomic E-state index is -0.521. The van der Waals surface area contributed by atoms with E-state index < -0.39 is 6.10 Å². The molecule has 1 unspecified atom stereocenters. The molecule has 5 heteroatoms. The van der Waals surface area contributed by atoms with Crippen molar-refractivity contribution in [1.82, 2.24) is 15.6 Å². The van der Waals surface area contributed by atoms with E-state index in [1.807, 2.05) is 26.1 Å². The van der Waals surface area contributed by atoms with E-state index in [0.717, 1.165) is 24.2 Å². The van der Waals surface area contributed by atoms with Gasteiger partial charge in [0.15, 0.2) is 6.10 Å². The summed E-state index contributed by atoms with van der Waals surface area (Å²) in [5, 5.41) is 5.92. The number of unbranched alkanes of at least 4 members (excludes halogenated alkanes) is 1. The molecule has 20 heavy (non-hydrogen) atoms. The largest absolute Gasteiger partial charge is 0.479 e. The Morgan fingerprint density at radius 2 is 2.20 bits per heavy atom. The molecule has 1 heterocycles. The second-order valence-electron chi connectivity index (χ2n) is 4.83. The summed E-state index contributed by atoms with van der Waals surface area (Å²) < 4.78 is 5.73. The highest BCUT2D eigenvalue weighted by molar-refractivity contribution is 5.80. The fourth-order valence-electron chi connectivity index (χ4n) is 1.78. The lowest BCUT2D eigenvalue weighted by atomic mass is 10.2. The lowest BCUT2D eigenvalue weighted by Crippen LogP contribution is -2.37. The van der Waals surface area contributed by atoms with Crippen molar-refractivity contribution in [3.63, 3.8) is 0 Å². The zero-order valence-electron chi connectivity index (χ0n) is 12.8. The van der Waals surface area contributed by atoms with Gasteiger partial charge in [-0.3, -0.25) is 9.78 Å². The van der Waals surface area contributed by atoms with Crippen molar-refractivity contribution in [2.45, 2.75) is 46.3 Å². The van der Waals surface area contributed by atoms with Gasteiger partial charge in [0.25, 0.3) is 5.91 Å². The van der Waals surface area contributed by atoms with Gasteiger partial charge in [-0.05, 0) is 39.4 Å². The van der Waals surface area contributed by atoms with E-state index in [4.69, 9.17) is 4.74 Å². The van der Waals surface area contributed by atoms with Crippen molar-refractivity contribution in [2.75, 3.05) is 13.6 Å². The van der Waals surface area contributed by atoms with Crippen LogP contribution >= 0.6 is 0 Å². The molecule has 1 aromatic heterocycles. The Kier molecular flexibility index (Phi) is 7.01. The van der Waals surface area contributed by atoms with Gasteiger partial charge in [-0.25, -0.2) is 0 Å². The van der Waals surface area contributed by atoms with Crippen molar-refractivity contribution in [3.8, 4) is 5.75 Å². The van der Waals surface area contributed by atoms with Crippen LogP contribution in [0, 0.1) is 6.92 Å². The number of carbonyl (C=O) groups excluding carboxylic acids is 1. The van der Waals surface area contributed by atoms with Gasteiger partial charge >= 0.3 is 0 Å². The monoisotopic (exact) mass is 279 g/mol. The molecular formula is C15H25N3O2. The van der Waals surface area contributed by atoms with E-state index >= 15 is 0 Å². The highest BCUT2D eigenvalue weighted by Gasteiger charge is 2.16. The van der Waals surface area contributed by atoms with Crippen LogP contribution in [-0.2, 0) is 11.3 Å². The Balaban J connectivity index is 2.64. The molecule has 1 amide bonds. The molecule has 0 saturated heterocycles. The van der Waals surface area contributed by atoms with Gasteiger partial charge in [-0.1, -0.05) is 13.3 Å². The molecule has 0 fully saturated rings.